The molecule has 1 N–H and O–H groups in total. The molecule has 0 amide bonds. The first-order valence-electron chi connectivity index (χ1n) is 5.21. The maximum Gasteiger partial charge on any atom is 0.335 e. The molecule has 5 heteroatoms. The van der Waals surface area contributed by atoms with Gasteiger partial charge in [0.1, 0.15) is 12.4 Å². The molecule has 1 heterocycles. The summed E-state index contributed by atoms with van der Waals surface area (Å²) in [6.07, 6.45) is 3.35. The van der Waals surface area contributed by atoms with Gasteiger partial charge in [-0.3, -0.25) is 4.98 Å². The van der Waals surface area contributed by atoms with Crippen molar-refractivity contribution in [3.05, 3.63) is 58.9 Å². The Morgan fingerprint density at radius 2 is 2.00 bits per heavy atom. The van der Waals surface area contributed by atoms with Gasteiger partial charge in [0, 0.05) is 12.4 Å². The summed E-state index contributed by atoms with van der Waals surface area (Å²) in [7, 11) is 0. The van der Waals surface area contributed by atoms with Crippen LogP contribution in [0.3, 0.4) is 0 Å². The topological polar surface area (TPSA) is 59.4 Å². The third-order valence-electron chi connectivity index (χ3n) is 2.32. The number of aromatic nitrogens is 1. The van der Waals surface area contributed by atoms with E-state index < -0.39 is 5.97 Å². The monoisotopic (exact) mass is 263 g/mol. The van der Waals surface area contributed by atoms with Gasteiger partial charge >= 0.3 is 5.97 Å². The van der Waals surface area contributed by atoms with Crippen LogP contribution >= 0.6 is 11.6 Å². The van der Waals surface area contributed by atoms with Gasteiger partial charge in [0.05, 0.1) is 10.6 Å². The molecule has 0 aliphatic rings. The zero-order chi connectivity index (χ0) is 13.0. The molecule has 0 bridgehead atoms. The minimum Gasteiger partial charge on any atom is -0.487 e. The quantitative estimate of drug-likeness (QED) is 0.921. The zero-order valence-electron chi connectivity index (χ0n) is 9.34. The summed E-state index contributed by atoms with van der Waals surface area (Å²) in [5.74, 6) is -0.559. The van der Waals surface area contributed by atoms with Crippen molar-refractivity contribution in [2.24, 2.45) is 0 Å². The van der Waals surface area contributed by atoms with Crippen LogP contribution in [0.1, 0.15) is 15.9 Å². The van der Waals surface area contributed by atoms with Gasteiger partial charge in [-0.05, 0) is 35.9 Å². The van der Waals surface area contributed by atoms with Crippen molar-refractivity contribution < 1.29 is 14.6 Å². The number of hydrogen-bond donors (Lipinski definition) is 1. The number of rotatable bonds is 4. The average molecular weight is 264 g/mol. The number of halogens is 1. The number of nitrogens with zero attached hydrogens (tertiary/aromatic N) is 1. The summed E-state index contributed by atoms with van der Waals surface area (Å²) >= 11 is 5.94. The number of benzene rings is 1. The molecule has 18 heavy (non-hydrogen) atoms. The van der Waals surface area contributed by atoms with E-state index in [1.165, 1.54) is 12.1 Å². The van der Waals surface area contributed by atoms with Crippen LogP contribution in [0.25, 0.3) is 0 Å². The molecule has 0 fully saturated rings. The summed E-state index contributed by atoms with van der Waals surface area (Å²) in [5, 5.41) is 9.08. The first-order valence-corrected chi connectivity index (χ1v) is 5.59. The van der Waals surface area contributed by atoms with E-state index >= 15 is 0 Å². The summed E-state index contributed by atoms with van der Waals surface area (Å²) in [6.45, 7) is 0.356. The van der Waals surface area contributed by atoms with Gasteiger partial charge in [-0.2, -0.15) is 0 Å². The molecule has 0 aliphatic heterocycles. The van der Waals surface area contributed by atoms with Crippen molar-refractivity contribution in [2.45, 2.75) is 6.61 Å². The Kier molecular flexibility index (Phi) is 3.79. The van der Waals surface area contributed by atoms with E-state index in [1.54, 1.807) is 18.5 Å². The van der Waals surface area contributed by atoms with E-state index in [2.05, 4.69) is 4.98 Å². The van der Waals surface area contributed by atoms with Gasteiger partial charge in [-0.25, -0.2) is 4.79 Å². The summed E-state index contributed by atoms with van der Waals surface area (Å²) in [4.78, 5) is 14.6. The highest BCUT2D eigenvalue weighted by Gasteiger charge is 2.07. The fourth-order valence-corrected chi connectivity index (χ4v) is 1.63. The highest BCUT2D eigenvalue weighted by Crippen LogP contribution is 2.26. The maximum absolute atomic E-state index is 10.7. The SMILES string of the molecule is O=C(O)c1ccc(OCc2ccncc2)c(Cl)c1. The van der Waals surface area contributed by atoms with Crippen LogP contribution in [-0.2, 0) is 6.61 Å². The van der Waals surface area contributed by atoms with Gasteiger partial charge in [0.15, 0.2) is 0 Å². The largest absolute Gasteiger partial charge is 0.487 e. The number of hydrogen-bond acceptors (Lipinski definition) is 3. The Bertz CT molecular complexity index is 557. The molecule has 0 spiro atoms. The smallest absolute Gasteiger partial charge is 0.335 e. The summed E-state index contributed by atoms with van der Waals surface area (Å²) in [6, 6.07) is 8.04. The highest BCUT2D eigenvalue weighted by molar-refractivity contribution is 6.32. The molecule has 4 nitrogen and oxygen atoms in total. The Labute approximate surface area is 109 Å². The molecule has 0 saturated heterocycles. The number of ether oxygens (including phenoxy) is 1. The molecule has 2 rings (SSSR count). The van der Waals surface area contributed by atoms with Gasteiger partial charge in [-0.1, -0.05) is 11.6 Å². The lowest BCUT2D eigenvalue weighted by Crippen LogP contribution is -1.99. The highest BCUT2D eigenvalue weighted by atomic mass is 35.5. The van der Waals surface area contributed by atoms with E-state index in [0.29, 0.717) is 12.4 Å². The van der Waals surface area contributed by atoms with Crippen molar-refractivity contribution in [1.29, 1.82) is 0 Å². The molecule has 92 valence electrons. The second-order valence-corrected chi connectivity index (χ2v) is 4.00. The minimum atomic E-state index is -1.02. The molecule has 0 saturated carbocycles. The predicted molar refractivity (Wildman–Crippen MR) is 67.0 cm³/mol. The molecular formula is C13H10ClNO3. The van der Waals surface area contributed by atoms with Crippen molar-refractivity contribution in [2.75, 3.05) is 0 Å². The second-order valence-electron chi connectivity index (χ2n) is 3.59. The van der Waals surface area contributed by atoms with Crippen molar-refractivity contribution in [1.82, 2.24) is 4.98 Å². The predicted octanol–water partition coefficient (Wildman–Crippen LogP) is 3.01. The third kappa shape index (κ3) is 2.99. The van der Waals surface area contributed by atoms with Crippen LogP contribution in [0.2, 0.25) is 5.02 Å². The molecule has 0 radical (unpaired) electrons. The second kappa shape index (κ2) is 5.51. The zero-order valence-corrected chi connectivity index (χ0v) is 10.1. The lowest BCUT2D eigenvalue weighted by molar-refractivity contribution is 0.0697. The Hall–Kier alpha value is -2.07. The Morgan fingerprint density at radius 3 is 2.61 bits per heavy atom. The number of carboxylic acid groups (broad SMARTS) is 1. The Morgan fingerprint density at radius 1 is 1.28 bits per heavy atom. The molecule has 0 aliphatic carbocycles. The van der Waals surface area contributed by atoms with E-state index in [9.17, 15) is 4.79 Å². The number of pyridine rings is 1. The normalized spacial score (nSPS) is 10.1. The number of aromatic carboxylic acids is 1. The van der Waals surface area contributed by atoms with E-state index in [4.69, 9.17) is 21.4 Å². The van der Waals surface area contributed by atoms with Crippen LogP contribution in [-0.4, -0.2) is 16.1 Å². The van der Waals surface area contributed by atoms with Crippen LogP contribution in [0, 0.1) is 0 Å². The molecule has 2 aromatic rings. The van der Waals surface area contributed by atoms with Crippen LogP contribution in [0.15, 0.2) is 42.7 Å². The van der Waals surface area contributed by atoms with Gasteiger partial charge in [0.2, 0.25) is 0 Å². The minimum absolute atomic E-state index is 0.135. The van der Waals surface area contributed by atoms with Gasteiger partial charge in [-0.15, -0.1) is 0 Å². The molecule has 0 atom stereocenters. The first kappa shape index (κ1) is 12.4. The van der Waals surface area contributed by atoms with Gasteiger partial charge in [0.25, 0.3) is 0 Å². The molecular weight excluding hydrogens is 254 g/mol. The van der Waals surface area contributed by atoms with Crippen molar-refractivity contribution >= 4 is 17.6 Å². The first-order chi connectivity index (χ1) is 8.66. The molecule has 1 aromatic heterocycles. The lowest BCUT2D eigenvalue weighted by atomic mass is 10.2. The number of carbonyl (C=O) groups is 1. The maximum atomic E-state index is 10.7. The summed E-state index contributed by atoms with van der Waals surface area (Å²) < 4.78 is 5.50. The fraction of sp³-hybridized carbons (Fsp3) is 0.0769. The number of carboxylic acids is 1. The average Bonchev–Trinajstić information content (AvgIpc) is 2.38. The van der Waals surface area contributed by atoms with Crippen LogP contribution < -0.4 is 4.74 Å². The standard InChI is InChI=1S/C13H10ClNO3/c14-11-7-10(13(16)17)1-2-12(11)18-8-9-3-5-15-6-4-9/h1-7H,8H2,(H,16,17). The summed E-state index contributed by atoms with van der Waals surface area (Å²) in [5.41, 5.74) is 1.10. The van der Waals surface area contributed by atoms with Crippen LogP contribution in [0.5, 0.6) is 5.75 Å². The van der Waals surface area contributed by atoms with Crippen LogP contribution in [0.4, 0.5) is 0 Å². The van der Waals surface area contributed by atoms with E-state index in [-0.39, 0.29) is 10.6 Å². The van der Waals surface area contributed by atoms with Crippen molar-refractivity contribution in [3.63, 3.8) is 0 Å². The van der Waals surface area contributed by atoms with E-state index in [0.717, 1.165) is 5.56 Å². The van der Waals surface area contributed by atoms with Crippen molar-refractivity contribution in [3.8, 4) is 5.75 Å². The third-order valence-corrected chi connectivity index (χ3v) is 2.62. The molecule has 0 unspecified atom stereocenters. The van der Waals surface area contributed by atoms with Gasteiger partial charge < -0.3 is 9.84 Å². The fourth-order valence-electron chi connectivity index (χ4n) is 1.39. The lowest BCUT2D eigenvalue weighted by Gasteiger charge is -2.08. The molecule has 1 aromatic carbocycles. The van der Waals surface area contributed by atoms with E-state index in [1.807, 2.05) is 12.1 Å². The Balaban J connectivity index is 2.08.